The van der Waals surface area contributed by atoms with Crippen LogP contribution in [-0.2, 0) is 11.8 Å². The minimum absolute atomic E-state index is 0.0520. The van der Waals surface area contributed by atoms with Crippen molar-refractivity contribution < 1.29 is 4.39 Å². The van der Waals surface area contributed by atoms with Gasteiger partial charge in [0.15, 0.2) is 0 Å². The largest absolute Gasteiger partial charge is 0.366 e. The topological polar surface area (TPSA) is 39.9 Å². The highest BCUT2D eigenvalue weighted by Crippen LogP contribution is 2.48. The fraction of sp³-hybridized carbons (Fsp3) is 0.333. The van der Waals surface area contributed by atoms with Crippen molar-refractivity contribution in [3.05, 3.63) is 58.9 Å². The Morgan fingerprint density at radius 3 is 2.92 bits per heavy atom. The lowest BCUT2D eigenvalue weighted by Crippen LogP contribution is -2.57. The van der Waals surface area contributed by atoms with Crippen LogP contribution < -0.4 is 4.90 Å². The molecule has 1 aromatic heterocycles. The molecule has 0 saturated carbocycles. The molecule has 1 saturated heterocycles. The van der Waals surface area contributed by atoms with Crippen LogP contribution in [0.5, 0.6) is 0 Å². The number of hydrogen-bond acceptors (Lipinski definition) is 4. The zero-order valence-corrected chi connectivity index (χ0v) is 15.1. The molecule has 1 fully saturated rings. The molecule has 5 heteroatoms. The maximum Gasteiger partial charge on any atom is 0.133 e. The van der Waals surface area contributed by atoms with Crippen molar-refractivity contribution in [1.29, 1.82) is 5.26 Å². The van der Waals surface area contributed by atoms with Crippen LogP contribution in [0.3, 0.4) is 0 Å². The number of rotatable bonds is 1. The standard InChI is InChI=1S/C21H18FN3S/c22-15-6-5-8-17-14(15)12-21(13-23,19-10-3-4-11-25(17)19)20-24-16-7-1-2-9-18(16)26-20/h1-2,5-9,19H,3-4,10-12H2/t19-,21+/m1/s1. The number of aromatic nitrogens is 1. The van der Waals surface area contributed by atoms with E-state index in [1.165, 1.54) is 6.07 Å². The Morgan fingerprint density at radius 2 is 2.08 bits per heavy atom. The van der Waals surface area contributed by atoms with Crippen LogP contribution in [0.1, 0.15) is 29.8 Å². The van der Waals surface area contributed by atoms with E-state index in [0.717, 1.165) is 46.7 Å². The molecular formula is C21H18FN3S. The highest BCUT2D eigenvalue weighted by Gasteiger charge is 2.51. The van der Waals surface area contributed by atoms with Crippen LogP contribution in [0.2, 0.25) is 0 Å². The molecule has 2 aliphatic rings. The van der Waals surface area contributed by atoms with Gasteiger partial charge in [0.05, 0.1) is 22.3 Å². The van der Waals surface area contributed by atoms with Gasteiger partial charge in [0.1, 0.15) is 16.2 Å². The maximum atomic E-state index is 14.7. The van der Waals surface area contributed by atoms with Crippen molar-refractivity contribution in [2.45, 2.75) is 37.1 Å². The molecule has 2 aromatic carbocycles. The summed E-state index contributed by atoms with van der Waals surface area (Å²) in [5, 5.41) is 11.2. The second kappa shape index (κ2) is 5.78. The summed E-state index contributed by atoms with van der Waals surface area (Å²) in [6, 6.07) is 15.9. The summed E-state index contributed by atoms with van der Waals surface area (Å²) < 4.78 is 15.8. The van der Waals surface area contributed by atoms with Crippen molar-refractivity contribution in [3.8, 4) is 6.07 Å². The Kier molecular flexibility index (Phi) is 3.51. The van der Waals surface area contributed by atoms with Gasteiger partial charge in [-0.05, 0) is 43.5 Å². The number of nitrogens with zero attached hydrogens (tertiary/aromatic N) is 3. The fourth-order valence-corrected chi connectivity index (χ4v) is 5.72. The molecule has 2 aliphatic heterocycles. The quantitative estimate of drug-likeness (QED) is 0.623. The van der Waals surface area contributed by atoms with Gasteiger partial charge in [-0.25, -0.2) is 9.37 Å². The van der Waals surface area contributed by atoms with Crippen molar-refractivity contribution >= 4 is 27.2 Å². The van der Waals surface area contributed by atoms with E-state index in [-0.39, 0.29) is 11.9 Å². The number of hydrogen-bond donors (Lipinski definition) is 0. The predicted octanol–water partition coefficient (Wildman–Crippen LogP) is 4.81. The second-order valence-electron chi connectivity index (χ2n) is 7.19. The first-order valence-electron chi connectivity index (χ1n) is 9.04. The normalized spacial score (nSPS) is 24.8. The van der Waals surface area contributed by atoms with Crippen LogP contribution in [0, 0.1) is 17.1 Å². The van der Waals surface area contributed by atoms with E-state index in [1.54, 1.807) is 17.4 Å². The average Bonchev–Trinajstić information content (AvgIpc) is 3.12. The maximum absolute atomic E-state index is 14.7. The van der Waals surface area contributed by atoms with Crippen LogP contribution in [0.25, 0.3) is 10.2 Å². The number of halogens is 1. The molecule has 0 aliphatic carbocycles. The zero-order valence-electron chi connectivity index (χ0n) is 14.3. The van der Waals surface area contributed by atoms with E-state index in [9.17, 15) is 9.65 Å². The van der Waals surface area contributed by atoms with Gasteiger partial charge in [0.2, 0.25) is 0 Å². The average molecular weight is 363 g/mol. The van der Waals surface area contributed by atoms with Gasteiger partial charge in [0, 0.05) is 24.2 Å². The number of anilines is 1. The van der Waals surface area contributed by atoms with Crippen LogP contribution in [-0.4, -0.2) is 17.6 Å². The molecule has 0 unspecified atom stereocenters. The monoisotopic (exact) mass is 363 g/mol. The number of fused-ring (bicyclic) bond motifs is 4. The Morgan fingerprint density at radius 1 is 1.19 bits per heavy atom. The van der Waals surface area contributed by atoms with E-state index < -0.39 is 5.41 Å². The Labute approximate surface area is 155 Å². The third-order valence-electron chi connectivity index (χ3n) is 5.81. The molecular weight excluding hydrogens is 345 g/mol. The molecule has 0 radical (unpaired) electrons. The second-order valence-corrected chi connectivity index (χ2v) is 8.22. The molecule has 0 bridgehead atoms. The molecule has 0 N–H and O–H groups in total. The number of para-hydroxylation sites is 1. The molecule has 3 nitrogen and oxygen atoms in total. The van der Waals surface area contributed by atoms with Gasteiger partial charge < -0.3 is 4.90 Å². The summed E-state index contributed by atoms with van der Waals surface area (Å²) in [6.07, 6.45) is 3.51. The number of nitriles is 1. The van der Waals surface area contributed by atoms with Crippen molar-refractivity contribution in [1.82, 2.24) is 4.98 Å². The van der Waals surface area contributed by atoms with Crippen LogP contribution >= 0.6 is 11.3 Å². The van der Waals surface area contributed by atoms with Gasteiger partial charge in [-0.1, -0.05) is 18.2 Å². The highest BCUT2D eigenvalue weighted by molar-refractivity contribution is 7.18. The summed E-state index contributed by atoms with van der Waals surface area (Å²) in [5.41, 5.74) is 1.75. The molecule has 2 atom stereocenters. The summed E-state index contributed by atoms with van der Waals surface area (Å²) in [4.78, 5) is 7.08. The van der Waals surface area contributed by atoms with Crippen molar-refractivity contribution in [2.24, 2.45) is 0 Å². The highest BCUT2D eigenvalue weighted by atomic mass is 32.1. The van der Waals surface area contributed by atoms with Crippen LogP contribution in [0.4, 0.5) is 10.1 Å². The van der Waals surface area contributed by atoms with E-state index in [0.29, 0.717) is 12.0 Å². The lowest BCUT2D eigenvalue weighted by molar-refractivity contribution is 0.319. The van der Waals surface area contributed by atoms with E-state index >= 15 is 0 Å². The minimum atomic E-state index is -0.792. The Balaban J connectivity index is 1.74. The van der Waals surface area contributed by atoms with Gasteiger partial charge in [0.25, 0.3) is 0 Å². The molecule has 26 heavy (non-hydrogen) atoms. The summed E-state index contributed by atoms with van der Waals surface area (Å²) in [6.45, 7) is 0.870. The van der Waals surface area contributed by atoms with Gasteiger partial charge in [-0.3, -0.25) is 0 Å². The van der Waals surface area contributed by atoms with Gasteiger partial charge in [-0.15, -0.1) is 11.3 Å². The summed E-state index contributed by atoms with van der Waals surface area (Å²) in [7, 11) is 0. The number of benzene rings is 2. The first kappa shape index (κ1) is 15.8. The fourth-order valence-electron chi connectivity index (χ4n) is 4.56. The molecule has 3 aromatic rings. The molecule has 0 amide bonds. The molecule has 3 heterocycles. The van der Waals surface area contributed by atoms with E-state index in [1.807, 2.05) is 30.3 Å². The van der Waals surface area contributed by atoms with E-state index in [4.69, 9.17) is 4.98 Å². The minimum Gasteiger partial charge on any atom is -0.366 e. The van der Waals surface area contributed by atoms with E-state index in [2.05, 4.69) is 11.0 Å². The lowest BCUT2D eigenvalue weighted by atomic mass is 9.69. The Bertz CT molecular complexity index is 1000. The summed E-state index contributed by atoms with van der Waals surface area (Å²) in [5.74, 6) is -0.216. The molecule has 130 valence electrons. The first-order chi connectivity index (χ1) is 12.7. The predicted molar refractivity (Wildman–Crippen MR) is 102 cm³/mol. The molecule has 5 rings (SSSR count). The smallest absolute Gasteiger partial charge is 0.133 e. The summed E-state index contributed by atoms with van der Waals surface area (Å²) >= 11 is 1.58. The van der Waals surface area contributed by atoms with Gasteiger partial charge in [-0.2, -0.15) is 5.26 Å². The van der Waals surface area contributed by atoms with Crippen molar-refractivity contribution in [2.75, 3.05) is 11.4 Å². The number of thiazole rings is 1. The number of piperidine rings is 1. The SMILES string of the molecule is N#C[C@@]1(c2nc3ccccc3s2)Cc2c(F)cccc2N2CCCC[C@@H]21. The van der Waals surface area contributed by atoms with Gasteiger partial charge >= 0.3 is 0 Å². The third-order valence-corrected chi connectivity index (χ3v) is 7.02. The first-order valence-corrected chi connectivity index (χ1v) is 9.86. The third kappa shape index (κ3) is 2.12. The van der Waals surface area contributed by atoms with Crippen LogP contribution in [0.15, 0.2) is 42.5 Å². The van der Waals surface area contributed by atoms with Crippen molar-refractivity contribution in [3.63, 3.8) is 0 Å². The lowest BCUT2D eigenvalue weighted by Gasteiger charge is -2.49. The Hall–Kier alpha value is -2.45. The molecule has 0 spiro atoms. The zero-order chi connectivity index (χ0) is 17.7.